The molecule has 16 heavy (non-hydrogen) atoms. The van der Waals surface area contributed by atoms with Crippen molar-refractivity contribution in [2.75, 3.05) is 0 Å². The Balaban J connectivity index is 2.21. The highest BCUT2D eigenvalue weighted by Gasteiger charge is 1.97. The van der Waals surface area contributed by atoms with Crippen LogP contribution >= 0.6 is 15.9 Å². The monoisotopic (exact) mass is 271 g/mol. The van der Waals surface area contributed by atoms with Crippen LogP contribution in [0.25, 0.3) is 0 Å². The Morgan fingerprint density at radius 2 is 1.75 bits per heavy atom. The summed E-state index contributed by atoms with van der Waals surface area (Å²) in [6.07, 6.45) is 0.864. The van der Waals surface area contributed by atoms with Gasteiger partial charge in [0.2, 0.25) is 0 Å². The van der Waals surface area contributed by atoms with Crippen molar-refractivity contribution in [2.24, 2.45) is 0 Å². The summed E-state index contributed by atoms with van der Waals surface area (Å²) in [5.41, 5.74) is 3.13. The van der Waals surface area contributed by atoms with Crippen molar-refractivity contribution in [3.05, 3.63) is 69.7 Å². The lowest BCUT2D eigenvalue weighted by molar-refractivity contribution is 1.19. The fourth-order valence-corrected chi connectivity index (χ4v) is 1.85. The molecule has 0 spiro atoms. The van der Waals surface area contributed by atoms with Crippen LogP contribution < -0.4 is 0 Å². The Labute approximate surface area is 103 Å². The Bertz CT molecular complexity index is 523. The van der Waals surface area contributed by atoms with Gasteiger partial charge in [0.1, 0.15) is 0 Å². The third-order valence-electron chi connectivity index (χ3n) is 2.38. The third kappa shape index (κ3) is 2.71. The molecule has 0 unspecified atom stereocenters. The summed E-state index contributed by atoms with van der Waals surface area (Å²) in [5, 5.41) is 8.81. The summed E-state index contributed by atoms with van der Waals surface area (Å²) < 4.78 is 1.09. The first-order valence-corrected chi connectivity index (χ1v) is 5.81. The molecular weight excluding hydrogens is 262 g/mol. The fraction of sp³-hybridized carbons (Fsp3) is 0.0714. The second-order valence-corrected chi connectivity index (χ2v) is 4.53. The highest BCUT2D eigenvalue weighted by atomic mass is 79.9. The van der Waals surface area contributed by atoms with Gasteiger partial charge in [-0.25, -0.2) is 0 Å². The van der Waals surface area contributed by atoms with E-state index in [1.807, 2.05) is 36.4 Å². The van der Waals surface area contributed by atoms with Crippen LogP contribution in [0.2, 0.25) is 0 Å². The number of hydrogen-bond donors (Lipinski definition) is 0. The van der Waals surface area contributed by atoms with Crippen LogP contribution in [0.1, 0.15) is 16.7 Å². The molecule has 2 heteroatoms. The van der Waals surface area contributed by atoms with Gasteiger partial charge in [-0.1, -0.05) is 40.2 Å². The molecule has 0 saturated heterocycles. The summed E-state index contributed by atoms with van der Waals surface area (Å²) in [5.74, 6) is 0. The fourth-order valence-electron chi connectivity index (χ4n) is 1.59. The van der Waals surface area contributed by atoms with Crippen LogP contribution in [0.3, 0.4) is 0 Å². The van der Waals surface area contributed by atoms with E-state index in [-0.39, 0.29) is 0 Å². The van der Waals surface area contributed by atoms with Crippen molar-refractivity contribution < 1.29 is 0 Å². The van der Waals surface area contributed by atoms with Gasteiger partial charge >= 0.3 is 0 Å². The van der Waals surface area contributed by atoms with Crippen molar-refractivity contribution in [3.63, 3.8) is 0 Å². The Morgan fingerprint density at radius 1 is 1.00 bits per heavy atom. The standard InChI is InChI=1S/C14H10BrN/c15-14-6-4-11(5-7-14)8-12-2-1-3-13(9-12)10-16/h1-7,9H,8H2. The summed E-state index contributed by atoms with van der Waals surface area (Å²) in [6, 6.07) is 18.1. The molecule has 0 heterocycles. The first kappa shape index (κ1) is 10.9. The third-order valence-corrected chi connectivity index (χ3v) is 2.91. The largest absolute Gasteiger partial charge is 0.192 e. The van der Waals surface area contributed by atoms with Gasteiger partial charge < -0.3 is 0 Å². The lowest BCUT2D eigenvalue weighted by atomic mass is 10.0. The zero-order valence-electron chi connectivity index (χ0n) is 8.65. The molecule has 0 radical (unpaired) electrons. The van der Waals surface area contributed by atoms with Crippen molar-refractivity contribution in [1.82, 2.24) is 0 Å². The molecule has 2 aromatic rings. The van der Waals surface area contributed by atoms with Gasteiger partial charge in [0.05, 0.1) is 11.6 Å². The molecule has 0 amide bonds. The molecule has 0 N–H and O–H groups in total. The molecule has 2 rings (SSSR count). The average molecular weight is 272 g/mol. The van der Waals surface area contributed by atoms with Crippen molar-refractivity contribution >= 4 is 15.9 Å². The molecule has 0 aliphatic rings. The highest BCUT2D eigenvalue weighted by Crippen LogP contribution is 2.14. The molecule has 0 aliphatic heterocycles. The molecular formula is C14H10BrN. The maximum absolute atomic E-state index is 8.81. The van der Waals surface area contributed by atoms with Crippen LogP contribution in [0.4, 0.5) is 0 Å². The molecule has 0 saturated carbocycles. The van der Waals surface area contributed by atoms with Crippen LogP contribution in [-0.2, 0) is 6.42 Å². The number of nitrogens with zero attached hydrogens (tertiary/aromatic N) is 1. The minimum absolute atomic E-state index is 0.717. The summed E-state index contributed by atoms with van der Waals surface area (Å²) >= 11 is 3.41. The minimum Gasteiger partial charge on any atom is -0.192 e. The molecule has 2 aromatic carbocycles. The van der Waals surface area contributed by atoms with E-state index in [4.69, 9.17) is 5.26 Å². The van der Waals surface area contributed by atoms with E-state index in [9.17, 15) is 0 Å². The number of hydrogen-bond acceptors (Lipinski definition) is 1. The number of halogens is 1. The van der Waals surface area contributed by atoms with Crippen molar-refractivity contribution in [2.45, 2.75) is 6.42 Å². The molecule has 0 aliphatic carbocycles. The maximum atomic E-state index is 8.81. The predicted molar refractivity (Wildman–Crippen MR) is 68.1 cm³/mol. The first-order chi connectivity index (χ1) is 7.78. The molecule has 0 atom stereocenters. The topological polar surface area (TPSA) is 23.8 Å². The van der Waals surface area contributed by atoms with Crippen LogP contribution in [0.15, 0.2) is 53.0 Å². The molecule has 1 nitrogen and oxygen atoms in total. The Morgan fingerprint density at radius 3 is 2.44 bits per heavy atom. The lowest BCUT2D eigenvalue weighted by Gasteiger charge is -2.02. The van der Waals surface area contributed by atoms with E-state index in [0.29, 0.717) is 0 Å². The maximum Gasteiger partial charge on any atom is 0.0991 e. The highest BCUT2D eigenvalue weighted by molar-refractivity contribution is 9.10. The van der Waals surface area contributed by atoms with Crippen molar-refractivity contribution in [1.29, 1.82) is 5.26 Å². The van der Waals surface area contributed by atoms with Gasteiger partial charge in [0, 0.05) is 4.47 Å². The summed E-state index contributed by atoms with van der Waals surface area (Å²) in [7, 11) is 0. The van der Waals surface area contributed by atoms with E-state index in [1.165, 1.54) is 11.1 Å². The van der Waals surface area contributed by atoms with E-state index >= 15 is 0 Å². The van der Waals surface area contributed by atoms with Crippen molar-refractivity contribution in [3.8, 4) is 6.07 Å². The van der Waals surface area contributed by atoms with Gasteiger partial charge in [0.15, 0.2) is 0 Å². The number of rotatable bonds is 2. The number of benzene rings is 2. The van der Waals surface area contributed by atoms with Gasteiger partial charge in [-0.15, -0.1) is 0 Å². The normalized spacial score (nSPS) is 9.75. The van der Waals surface area contributed by atoms with Crippen LogP contribution in [0.5, 0.6) is 0 Å². The second-order valence-electron chi connectivity index (χ2n) is 3.62. The van der Waals surface area contributed by atoms with E-state index in [1.54, 1.807) is 0 Å². The number of nitriles is 1. The van der Waals surface area contributed by atoms with E-state index < -0.39 is 0 Å². The SMILES string of the molecule is N#Cc1cccc(Cc2ccc(Br)cc2)c1. The summed E-state index contributed by atoms with van der Waals surface area (Å²) in [4.78, 5) is 0. The molecule has 0 bridgehead atoms. The minimum atomic E-state index is 0.717. The lowest BCUT2D eigenvalue weighted by Crippen LogP contribution is -1.88. The van der Waals surface area contributed by atoms with Gasteiger partial charge in [-0.3, -0.25) is 0 Å². The molecule has 0 aromatic heterocycles. The first-order valence-electron chi connectivity index (χ1n) is 5.01. The quantitative estimate of drug-likeness (QED) is 0.813. The zero-order chi connectivity index (χ0) is 11.4. The van der Waals surface area contributed by atoms with Gasteiger partial charge in [-0.05, 0) is 41.8 Å². The summed E-state index contributed by atoms with van der Waals surface area (Å²) in [6.45, 7) is 0. The average Bonchev–Trinajstić information content (AvgIpc) is 2.32. The van der Waals surface area contributed by atoms with E-state index in [2.05, 4.69) is 34.1 Å². The zero-order valence-corrected chi connectivity index (χ0v) is 10.2. The smallest absolute Gasteiger partial charge is 0.0991 e. The molecule has 0 fully saturated rings. The van der Waals surface area contributed by atoms with E-state index in [0.717, 1.165) is 16.5 Å². The predicted octanol–water partition coefficient (Wildman–Crippen LogP) is 3.91. The van der Waals surface area contributed by atoms with Gasteiger partial charge in [-0.2, -0.15) is 5.26 Å². The molecule has 78 valence electrons. The van der Waals surface area contributed by atoms with Crippen LogP contribution in [-0.4, -0.2) is 0 Å². The van der Waals surface area contributed by atoms with Crippen LogP contribution in [0, 0.1) is 11.3 Å². The Kier molecular flexibility index (Phi) is 3.38. The van der Waals surface area contributed by atoms with Gasteiger partial charge in [0.25, 0.3) is 0 Å². The Hall–Kier alpha value is -1.59. The second kappa shape index (κ2) is 4.96.